The highest BCUT2D eigenvalue weighted by Gasteiger charge is 2.28. The van der Waals surface area contributed by atoms with Gasteiger partial charge >= 0.3 is 0 Å². The fourth-order valence-corrected chi connectivity index (χ4v) is 4.14. The topological polar surface area (TPSA) is 53.9 Å². The summed E-state index contributed by atoms with van der Waals surface area (Å²) in [7, 11) is 0. The summed E-state index contributed by atoms with van der Waals surface area (Å²) in [6.45, 7) is 6.15. The zero-order valence-corrected chi connectivity index (χ0v) is 16.0. The van der Waals surface area contributed by atoms with Gasteiger partial charge in [0.15, 0.2) is 5.13 Å². The maximum atomic E-state index is 4.83. The highest BCUT2D eigenvalue weighted by Crippen LogP contribution is 2.35. The second-order valence-corrected chi connectivity index (χ2v) is 7.68. The molecule has 5 nitrogen and oxygen atoms in total. The first-order valence-corrected chi connectivity index (χ1v) is 9.86. The van der Waals surface area contributed by atoms with Crippen molar-refractivity contribution >= 4 is 22.3 Å². The summed E-state index contributed by atoms with van der Waals surface area (Å²) in [6, 6.07) is 8.54. The predicted octanol–water partition coefficient (Wildman–Crippen LogP) is 4.63. The molecule has 1 fully saturated rings. The van der Waals surface area contributed by atoms with Crippen molar-refractivity contribution in [2.45, 2.75) is 39.3 Å². The molecular formula is C20H23N5S. The van der Waals surface area contributed by atoms with E-state index < -0.39 is 0 Å². The number of aryl methyl sites for hydroxylation is 2. The normalized spacial score (nSPS) is 17.5. The van der Waals surface area contributed by atoms with Gasteiger partial charge < -0.3 is 5.32 Å². The maximum absolute atomic E-state index is 4.83. The Morgan fingerprint density at radius 2 is 2.15 bits per heavy atom. The van der Waals surface area contributed by atoms with Crippen molar-refractivity contribution in [3.8, 4) is 0 Å². The van der Waals surface area contributed by atoms with E-state index in [1.54, 1.807) is 11.3 Å². The van der Waals surface area contributed by atoms with Gasteiger partial charge in [-0.15, -0.1) is 11.3 Å². The molecule has 4 heterocycles. The summed E-state index contributed by atoms with van der Waals surface area (Å²) < 4.78 is 0. The van der Waals surface area contributed by atoms with Crippen LogP contribution in [0.2, 0.25) is 0 Å². The Balaban J connectivity index is 1.47. The lowest BCUT2D eigenvalue weighted by molar-refractivity contribution is 0.242. The van der Waals surface area contributed by atoms with Gasteiger partial charge in [-0.1, -0.05) is 12.1 Å². The van der Waals surface area contributed by atoms with Crippen LogP contribution in [0.1, 0.15) is 41.4 Å². The lowest BCUT2D eigenvalue weighted by Gasteiger charge is -2.23. The Kier molecular flexibility index (Phi) is 4.95. The minimum absolute atomic E-state index is 0.370. The number of hydrogen-bond donors (Lipinski definition) is 1. The molecule has 3 aromatic rings. The predicted molar refractivity (Wildman–Crippen MR) is 106 cm³/mol. The number of likely N-dealkylation sites (tertiary alicyclic amines) is 1. The monoisotopic (exact) mass is 365 g/mol. The summed E-state index contributed by atoms with van der Waals surface area (Å²) in [5, 5.41) is 6.39. The lowest BCUT2D eigenvalue weighted by Crippen LogP contribution is -2.24. The number of nitrogens with zero attached hydrogens (tertiary/aromatic N) is 4. The molecule has 0 amide bonds. The molecule has 0 saturated carbocycles. The third kappa shape index (κ3) is 3.76. The number of aromatic nitrogens is 3. The molecular weight excluding hydrogens is 342 g/mol. The molecule has 1 saturated heterocycles. The van der Waals surface area contributed by atoms with Gasteiger partial charge in [0, 0.05) is 24.3 Å². The molecule has 0 aliphatic carbocycles. The van der Waals surface area contributed by atoms with Crippen molar-refractivity contribution in [3.05, 3.63) is 64.6 Å². The van der Waals surface area contributed by atoms with Crippen molar-refractivity contribution in [1.29, 1.82) is 0 Å². The van der Waals surface area contributed by atoms with E-state index in [1.807, 2.05) is 31.5 Å². The Morgan fingerprint density at radius 1 is 1.23 bits per heavy atom. The molecule has 3 aromatic heterocycles. The third-order valence-electron chi connectivity index (χ3n) is 4.84. The fraction of sp³-hybridized carbons (Fsp3) is 0.350. The fourth-order valence-electron chi connectivity index (χ4n) is 3.37. The molecule has 0 aromatic carbocycles. The van der Waals surface area contributed by atoms with Crippen LogP contribution in [0.4, 0.5) is 10.9 Å². The smallest absolute Gasteiger partial charge is 0.188 e. The summed E-state index contributed by atoms with van der Waals surface area (Å²) in [6.07, 6.45) is 6.10. The van der Waals surface area contributed by atoms with Gasteiger partial charge in [-0.05, 0) is 56.5 Å². The van der Waals surface area contributed by atoms with Crippen LogP contribution in [0.15, 0.2) is 42.0 Å². The average Bonchev–Trinajstić information content (AvgIpc) is 3.28. The van der Waals surface area contributed by atoms with E-state index in [4.69, 9.17) is 4.98 Å². The lowest BCUT2D eigenvalue weighted by atomic mass is 10.1. The van der Waals surface area contributed by atoms with Crippen LogP contribution in [0.25, 0.3) is 0 Å². The van der Waals surface area contributed by atoms with Crippen molar-refractivity contribution in [2.75, 3.05) is 11.9 Å². The van der Waals surface area contributed by atoms with E-state index in [9.17, 15) is 0 Å². The summed E-state index contributed by atoms with van der Waals surface area (Å²) in [4.78, 5) is 16.3. The molecule has 0 radical (unpaired) electrons. The second-order valence-electron chi connectivity index (χ2n) is 6.82. The van der Waals surface area contributed by atoms with Gasteiger partial charge in [-0.3, -0.25) is 9.88 Å². The molecule has 26 heavy (non-hydrogen) atoms. The molecule has 6 heteroatoms. The van der Waals surface area contributed by atoms with Crippen molar-refractivity contribution in [2.24, 2.45) is 0 Å². The number of thiazole rings is 1. The molecule has 0 spiro atoms. The zero-order chi connectivity index (χ0) is 17.9. The third-order valence-corrected chi connectivity index (χ3v) is 5.62. The van der Waals surface area contributed by atoms with Crippen molar-refractivity contribution in [3.63, 3.8) is 0 Å². The Hall–Kier alpha value is -2.31. The first-order valence-electron chi connectivity index (χ1n) is 8.99. The molecule has 1 aliphatic rings. The first-order chi connectivity index (χ1) is 12.7. The van der Waals surface area contributed by atoms with E-state index in [1.165, 1.54) is 12.0 Å². The van der Waals surface area contributed by atoms with Gasteiger partial charge in [-0.2, -0.15) is 0 Å². The van der Waals surface area contributed by atoms with Crippen LogP contribution in [-0.2, 0) is 6.54 Å². The molecule has 1 N–H and O–H groups in total. The van der Waals surface area contributed by atoms with Crippen molar-refractivity contribution < 1.29 is 0 Å². The summed E-state index contributed by atoms with van der Waals surface area (Å²) >= 11 is 1.64. The largest absolute Gasteiger partial charge is 0.316 e. The summed E-state index contributed by atoms with van der Waals surface area (Å²) in [5.41, 5.74) is 4.72. The molecule has 4 rings (SSSR count). The quantitative estimate of drug-likeness (QED) is 0.714. The second kappa shape index (κ2) is 7.51. The Bertz CT molecular complexity index is 874. The summed E-state index contributed by atoms with van der Waals surface area (Å²) in [5.74, 6) is 0.837. The Morgan fingerprint density at radius 3 is 2.96 bits per heavy atom. The molecule has 1 unspecified atom stereocenters. The number of pyridine rings is 2. The van der Waals surface area contributed by atoms with Crippen LogP contribution in [0.5, 0.6) is 0 Å². The molecule has 1 aliphatic heterocycles. The molecule has 1 atom stereocenters. The minimum Gasteiger partial charge on any atom is -0.316 e. The van der Waals surface area contributed by atoms with Crippen LogP contribution in [0.3, 0.4) is 0 Å². The maximum Gasteiger partial charge on any atom is 0.188 e. The van der Waals surface area contributed by atoms with Gasteiger partial charge in [0.05, 0.1) is 17.4 Å². The number of hydrogen-bond acceptors (Lipinski definition) is 6. The number of rotatable bonds is 5. The van der Waals surface area contributed by atoms with Gasteiger partial charge in [0.2, 0.25) is 0 Å². The highest BCUT2D eigenvalue weighted by atomic mass is 32.1. The highest BCUT2D eigenvalue weighted by molar-refractivity contribution is 7.13. The van der Waals surface area contributed by atoms with Crippen molar-refractivity contribution in [1.82, 2.24) is 19.9 Å². The SMILES string of the molecule is Cc1ccc(Nc2nc(C3CCCN3Cc3ncccc3C)cs2)nc1. The average molecular weight is 366 g/mol. The van der Waals surface area contributed by atoms with Crippen LogP contribution in [-0.4, -0.2) is 26.4 Å². The number of anilines is 2. The van der Waals surface area contributed by atoms with Crippen LogP contribution >= 0.6 is 11.3 Å². The van der Waals surface area contributed by atoms with E-state index in [0.717, 1.165) is 47.4 Å². The molecule has 0 bridgehead atoms. The van der Waals surface area contributed by atoms with E-state index in [0.29, 0.717) is 6.04 Å². The van der Waals surface area contributed by atoms with Crippen LogP contribution < -0.4 is 5.32 Å². The van der Waals surface area contributed by atoms with Crippen LogP contribution in [0, 0.1) is 13.8 Å². The van der Waals surface area contributed by atoms with Gasteiger partial charge in [0.1, 0.15) is 5.82 Å². The first kappa shape index (κ1) is 17.1. The zero-order valence-electron chi connectivity index (χ0n) is 15.1. The number of nitrogens with one attached hydrogen (secondary N) is 1. The standard InChI is InChI=1S/C20H23N5S/c1-14-7-8-19(22-11-14)24-20-23-17(13-26-20)18-6-4-10-25(18)12-16-15(2)5-3-9-21-16/h3,5,7-9,11,13,18H,4,6,10,12H2,1-2H3,(H,22,23,24). The van der Waals surface area contributed by atoms with E-state index >= 15 is 0 Å². The van der Waals surface area contributed by atoms with Gasteiger partial charge in [0.25, 0.3) is 0 Å². The van der Waals surface area contributed by atoms with Gasteiger partial charge in [-0.25, -0.2) is 9.97 Å². The minimum atomic E-state index is 0.370. The Labute approximate surface area is 158 Å². The van der Waals surface area contributed by atoms with E-state index in [-0.39, 0.29) is 0 Å². The molecule has 134 valence electrons. The van der Waals surface area contributed by atoms with E-state index in [2.05, 4.69) is 44.6 Å².